The molecule has 1 aromatic rings. The molecule has 2 fully saturated rings. The second kappa shape index (κ2) is 5.44. The van der Waals surface area contributed by atoms with Crippen LogP contribution in [0.5, 0.6) is 0 Å². The Morgan fingerprint density at radius 2 is 1.95 bits per heavy atom. The lowest BCUT2D eigenvalue weighted by molar-refractivity contribution is -0.129. The molecule has 2 aliphatic rings. The average molecular weight is 351 g/mol. The van der Waals surface area contributed by atoms with Crippen LogP contribution in [-0.2, 0) is 9.59 Å². The van der Waals surface area contributed by atoms with Gasteiger partial charge < -0.3 is 10.2 Å². The summed E-state index contributed by atoms with van der Waals surface area (Å²) in [6.07, 6.45) is 3.86. The number of aryl methyl sites for hydroxylation is 1. The quantitative estimate of drug-likeness (QED) is 0.846. The maximum absolute atomic E-state index is 13.1. The third kappa shape index (κ3) is 2.59. The zero-order valence-corrected chi connectivity index (χ0v) is 13.7. The molecule has 1 saturated heterocycles. The van der Waals surface area contributed by atoms with E-state index in [9.17, 15) is 9.59 Å². The Kier molecular flexibility index (Phi) is 3.78. The number of nitrogens with one attached hydrogen (secondary N) is 1. The number of carbonyl (C=O) groups excluding carboxylic acids is 2. The number of hydrogen-bond acceptors (Lipinski definition) is 2. The summed E-state index contributed by atoms with van der Waals surface area (Å²) in [7, 11) is 0. The highest BCUT2D eigenvalue weighted by Crippen LogP contribution is 2.36. The van der Waals surface area contributed by atoms with Crippen molar-refractivity contribution in [3.8, 4) is 0 Å². The van der Waals surface area contributed by atoms with Crippen molar-refractivity contribution in [1.82, 2.24) is 5.32 Å². The van der Waals surface area contributed by atoms with Crippen LogP contribution in [0.4, 0.5) is 5.69 Å². The summed E-state index contributed by atoms with van der Waals surface area (Å²) in [6.45, 7) is 2.44. The molecule has 1 aliphatic heterocycles. The molecule has 1 heterocycles. The minimum absolute atomic E-state index is 0.0135. The van der Waals surface area contributed by atoms with Gasteiger partial charge in [-0.25, -0.2) is 0 Å². The van der Waals surface area contributed by atoms with Gasteiger partial charge >= 0.3 is 0 Å². The highest BCUT2D eigenvalue weighted by atomic mass is 79.9. The Labute approximate surface area is 133 Å². The zero-order chi connectivity index (χ0) is 15.0. The molecule has 5 heteroatoms. The molecule has 4 nitrogen and oxygen atoms in total. The number of halogens is 1. The zero-order valence-electron chi connectivity index (χ0n) is 12.1. The van der Waals surface area contributed by atoms with Crippen LogP contribution >= 0.6 is 15.9 Å². The molecular weight excluding hydrogens is 332 g/mol. The fourth-order valence-electron chi connectivity index (χ4n) is 3.38. The molecule has 0 atom stereocenters. The third-order valence-electron chi connectivity index (χ3n) is 4.51. The van der Waals surface area contributed by atoms with Crippen LogP contribution in [0.15, 0.2) is 22.7 Å². The number of nitrogens with zero attached hydrogens (tertiary/aromatic N) is 1. The van der Waals surface area contributed by atoms with Crippen LogP contribution in [0.2, 0.25) is 0 Å². The van der Waals surface area contributed by atoms with E-state index in [1.54, 1.807) is 4.90 Å². The molecule has 1 aromatic carbocycles. The molecule has 0 unspecified atom stereocenters. The first-order chi connectivity index (χ1) is 10.0. The first-order valence-electron chi connectivity index (χ1n) is 7.41. The minimum atomic E-state index is -0.678. The van der Waals surface area contributed by atoms with Gasteiger partial charge in [0.05, 0.1) is 0 Å². The smallest absolute Gasteiger partial charge is 0.252 e. The fraction of sp³-hybridized carbons (Fsp3) is 0.500. The summed E-state index contributed by atoms with van der Waals surface area (Å²) >= 11 is 3.47. The van der Waals surface area contributed by atoms with Crippen LogP contribution in [-0.4, -0.2) is 23.9 Å². The Balaban J connectivity index is 2.02. The van der Waals surface area contributed by atoms with E-state index in [4.69, 9.17) is 0 Å². The predicted molar refractivity (Wildman–Crippen MR) is 85.2 cm³/mol. The Bertz CT molecular complexity index is 594. The van der Waals surface area contributed by atoms with Gasteiger partial charge in [0.15, 0.2) is 0 Å². The normalized spacial score (nSPS) is 21.5. The second-order valence-electron chi connectivity index (χ2n) is 5.97. The number of benzene rings is 1. The van der Waals surface area contributed by atoms with Crippen molar-refractivity contribution in [2.45, 2.75) is 44.6 Å². The Morgan fingerprint density at radius 1 is 1.24 bits per heavy atom. The number of rotatable bonds is 1. The number of anilines is 1. The predicted octanol–water partition coefficient (Wildman–Crippen LogP) is 2.92. The monoisotopic (exact) mass is 350 g/mol. The van der Waals surface area contributed by atoms with Crippen molar-refractivity contribution >= 4 is 33.4 Å². The lowest BCUT2D eigenvalue weighted by Gasteiger charge is -2.32. The highest BCUT2D eigenvalue weighted by Gasteiger charge is 2.46. The molecule has 1 spiro atoms. The number of amides is 2. The molecule has 0 bridgehead atoms. The van der Waals surface area contributed by atoms with Crippen molar-refractivity contribution < 1.29 is 9.59 Å². The minimum Gasteiger partial charge on any atom is -0.342 e. The summed E-state index contributed by atoms with van der Waals surface area (Å²) in [5.41, 5.74) is 1.27. The molecule has 3 rings (SSSR count). The lowest BCUT2D eigenvalue weighted by Crippen LogP contribution is -2.55. The van der Waals surface area contributed by atoms with Gasteiger partial charge in [0, 0.05) is 23.1 Å². The van der Waals surface area contributed by atoms with E-state index >= 15 is 0 Å². The highest BCUT2D eigenvalue weighted by molar-refractivity contribution is 9.10. The summed E-state index contributed by atoms with van der Waals surface area (Å²) in [5.74, 6) is 0.0347. The largest absolute Gasteiger partial charge is 0.342 e. The second-order valence-corrected chi connectivity index (χ2v) is 6.89. The van der Waals surface area contributed by atoms with Gasteiger partial charge in [-0.2, -0.15) is 0 Å². The number of carbonyl (C=O) groups is 2. The van der Waals surface area contributed by atoms with E-state index in [0.717, 1.165) is 41.4 Å². The van der Waals surface area contributed by atoms with Gasteiger partial charge in [0.25, 0.3) is 5.91 Å². The van der Waals surface area contributed by atoms with E-state index < -0.39 is 5.54 Å². The molecule has 0 aromatic heterocycles. The summed E-state index contributed by atoms with van der Waals surface area (Å²) < 4.78 is 0.944. The van der Waals surface area contributed by atoms with E-state index in [0.29, 0.717) is 13.0 Å². The lowest BCUT2D eigenvalue weighted by atomic mass is 9.95. The third-order valence-corrected chi connectivity index (χ3v) is 5.01. The summed E-state index contributed by atoms with van der Waals surface area (Å²) in [6, 6.07) is 5.93. The first kappa shape index (κ1) is 14.6. The molecule has 2 amide bonds. The van der Waals surface area contributed by atoms with Crippen LogP contribution in [0, 0.1) is 6.92 Å². The van der Waals surface area contributed by atoms with Crippen LogP contribution in [0.1, 0.15) is 37.7 Å². The molecule has 112 valence electrons. The van der Waals surface area contributed by atoms with Gasteiger partial charge in [-0.15, -0.1) is 0 Å². The average Bonchev–Trinajstić information content (AvgIpc) is 2.87. The van der Waals surface area contributed by atoms with Crippen molar-refractivity contribution in [2.24, 2.45) is 0 Å². The van der Waals surface area contributed by atoms with Gasteiger partial charge in [0.1, 0.15) is 5.54 Å². The maximum Gasteiger partial charge on any atom is 0.252 e. The molecule has 1 N–H and O–H groups in total. The van der Waals surface area contributed by atoms with E-state index in [1.165, 1.54) is 0 Å². The first-order valence-corrected chi connectivity index (χ1v) is 8.20. The van der Waals surface area contributed by atoms with E-state index in [1.807, 2.05) is 25.1 Å². The molecular formula is C16H19BrN2O2. The van der Waals surface area contributed by atoms with Crippen LogP contribution < -0.4 is 10.2 Å². The van der Waals surface area contributed by atoms with Gasteiger partial charge in [-0.05, 0) is 37.5 Å². The fourth-order valence-corrected chi connectivity index (χ4v) is 3.73. The molecule has 1 saturated carbocycles. The van der Waals surface area contributed by atoms with Gasteiger partial charge in [-0.3, -0.25) is 9.59 Å². The standard InChI is InChI=1S/C16H19BrN2O2/c1-11-4-5-12(17)10-13(11)19-9-6-14(20)18-16(15(19)21)7-2-3-8-16/h4-5,10H,2-3,6-9H2,1H3,(H,18,20). The topological polar surface area (TPSA) is 49.4 Å². The molecule has 1 aliphatic carbocycles. The van der Waals surface area contributed by atoms with Gasteiger partial charge in [0.2, 0.25) is 5.91 Å². The van der Waals surface area contributed by atoms with Crippen molar-refractivity contribution in [2.75, 3.05) is 11.4 Å². The van der Waals surface area contributed by atoms with Gasteiger partial charge in [-0.1, -0.05) is 34.8 Å². The SMILES string of the molecule is Cc1ccc(Br)cc1N1CCC(=O)NC2(CCCC2)C1=O. The van der Waals surface area contributed by atoms with Crippen molar-refractivity contribution in [1.29, 1.82) is 0 Å². The maximum atomic E-state index is 13.1. The Hall–Kier alpha value is -1.36. The molecule has 0 radical (unpaired) electrons. The summed E-state index contributed by atoms with van der Waals surface area (Å²) in [4.78, 5) is 26.9. The summed E-state index contributed by atoms with van der Waals surface area (Å²) in [5, 5.41) is 3.00. The Morgan fingerprint density at radius 3 is 2.67 bits per heavy atom. The van der Waals surface area contributed by atoms with E-state index in [2.05, 4.69) is 21.2 Å². The molecule has 21 heavy (non-hydrogen) atoms. The van der Waals surface area contributed by atoms with E-state index in [-0.39, 0.29) is 11.8 Å². The van der Waals surface area contributed by atoms with Crippen LogP contribution in [0.25, 0.3) is 0 Å². The van der Waals surface area contributed by atoms with Crippen molar-refractivity contribution in [3.05, 3.63) is 28.2 Å². The number of hydrogen-bond donors (Lipinski definition) is 1. The van der Waals surface area contributed by atoms with Crippen LogP contribution in [0.3, 0.4) is 0 Å². The van der Waals surface area contributed by atoms with Crippen molar-refractivity contribution in [3.63, 3.8) is 0 Å².